The molecule has 1 aromatic rings. The zero-order chi connectivity index (χ0) is 14.4. The first-order valence-corrected chi connectivity index (χ1v) is 7.49. The third kappa shape index (κ3) is 4.62. The molecule has 4 nitrogen and oxygen atoms in total. The fraction of sp³-hybridized carbons (Fsp3) is 0.562. The van der Waals surface area contributed by atoms with Crippen molar-refractivity contribution in [1.82, 2.24) is 10.2 Å². The Morgan fingerprint density at radius 1 is 1.35 bits per heavy atom. The number of benzene rings is 1. The number of hydrogen-bond acceptors (Lipinski definition) is 3. The number of nitrogens with one attached hydrogen (secondary N) is 2. The molecule has 1 aliphatic rings. The van der Waals surface area contributed by atoms with Gasteiger partial charge in [-0.3, -0.25) is 9.69 Å². The molecule has 4 heteroatoms. The Balaban J connectivity index is 1.75. The van der Waals surface area contributed by atoms with Crippen LogP contribution in [0.1, 0.15) is 25.3 Å². The number of rotatable bonds is 5. The standard InChI is InChI=1S/C16H25N3O/c1-3-17-14-7-9-19(10-8-14)12-16(20)18-15-6-4-5-13(2)11-15/h4-6,11,14,17H,3,7-10,12H2,1-2H3,(H,18,20). The molecule has 0 aliphatic carbocycles. The van der Waals surface area contributed by atoms with E-state index in [-0.39, 0.29) is 5.91 Å². The van der Waals surface area contributed by atoms with Crippen LogP contribution in [0, 0.1) is 6.92 Å². The molecule has 20 heavy (non-hydrogen) atoms. The fourth-order valence-corrected chi connectivity index (χ4v) is 2.71. The highest BCUT2D eigenvalue weighted by atomic mass is 16.2. The molecule has 0 aromatic heterocycles. The second kappa shape index (κ2) is 7.41. The zero-order valence-corrected chi connectivity index (χ0v) is 12.5. The molecule has 110 valence electrons. The molecule has 0 bridgehead atoms. The number of nitrogens with zero attached hydrogens (tertiary/aromatic N) is 1. The highest BCUT2D eigenvalue weighted by Crippen LogP contribution is 2.12. The maximum absolute atomic E-state index is 12.0. The second-order valence-electron chi connectivity index (χ2n) is 5.53. The molecule has 1 saturated heterocycles. The van der Waals surface area contributed by atoms with Gasteiger partial charge in [-0.2, -0.15) is 0 Å². The summed E-state index contributed by atoms with van der Waals surface area (Å²) in [5, 5.41) is 6.45. The summed E-state index contributed by atoms with van der Waals surface area (Å²) < 4.78 is 0. The lowest BCUT2D eigenvalue weighted by atomic mass is 10.1. The van der Waals surface area contributed by atoms with E-state index in [1.165, 1.54) is 0 Å². The summed E-state index contributed by atoms with van der Waals surface area (Å²) in [5.41, 5.74) is 2.05. The van der Waals surface area contributed by atoms with E-state index in [0.717, 1.165) is 43.7 Å². The van der Waals surface area contributed by atoms with Gasteiger partial charge >= 0.3 is 0 Å². The number of hydrogen-bond donors (Lipinski definition) is 2. The summed E-state index contributed by atoms with van der Waals surface area (Å²) >= 11 is 0. The Labute approximate surface area is 121 Å². The second-order valence-corrected chi connectivity index (χ2v) is 5.53. The number of amides is 1. The summed E-state index contributed by atoms with van der Waals surface area (Å²) in [6.45, 7) is 7.69. The van der Waals surface area contributed by atoms with Crippen LogP contribution in [0.25, 0.3) is 0 Å². The molecule has 2 N–H and O–H groups in total. The summed E-state index contributed by atoms with van der Waals surface area (Å²) in [6.07, 6.45) is 2.26. The van der Waals surface area contributed by atoms with Gasteiger partial charge in [-0.05, 0) is 44.0 Å². The van der Waals surface area contributed by atoms with Gasteiger partial charge in [-0.1, -0.05) is 19.1 Å². The summed E-state index contributed by atoms with van der Waals surface area (Å²) in [7, 11) is 0. The number of likely N-dealkylation sites (tertiary alicyclic amines) is 1. The Morgan fingerprint density at radius 3 is 2.75 bits per heavy atom. The maximum Gasteiger partial charge on any atom is 0.238 e. The largest absolute Gasteiger partial charge is 0.325 e. The first kappa shape index (κ1) is 15.0. The number of carbonyl (C=O) groups is 1. The first-order valence-electron chi connectivity index (χ1n) is 7.49. The van der Waals surface area contributed by atoms with E-state index in [0.29, 0.717) is 12.6 Å². The van der Waals surface area contributed by atoms with Gasteiger partial charge in [-0.25, -0.2) is 0 Å². The van der Waals surface area contributed by atoms with Crippen LogP contribution in [0.15, 0.2) is 24.3 Å². The lowest BCUT2D eigenvalue weighted by Crippen LogP contribution is -2.44. The molecular weight excluding hydrogens is 250 g/mol. The van der Waals surface area contributed by atoms with E-state index < -0.39 is 0 Å². The van der Waals surface area contributed by atoms with Crippen LogP contribution in [0.2, 0.25) is 0 Å². The van der Waals surface area contributed by atoms with E-state index in [9.17, 15) is 4.79 Å². The van der Waals surface area contributed by atoms with Crippen LogP contribution in [-0.2, 0) is 4.79 Å². The molecule has 2 rings (SSSR count). The van der Waals surface area contributed by atoms with Gasteiger partial charge in [0, 0.05) is 24.8 Å². The molecular formula is C16H25N3O. The zero-order valence-electron chi connectivity index (χ0n) is 12.5. The minimum absolute atomic E-state index is 0.0810. The van der Waals surface area contributed by atoms with Crippen molar-refractivity contribution in [3.8, 4) is 0 Å². The first-order chi connectivity index (χ1) is 9.67. The monoisotopic (exact) mass is 275 g/mol. The van der Waals surface area contributed by atoms with E-state index in [4.69, 9.17) is 0 Å². The summed E-state index contributed by atoms with van der Waals surface area (Å²) in [5.74, 6) is 0.0810. The van der Waals surface area contributed by atoms with Crippen LogP contribution in [-0.4, -0.2) is 43.0 Å². The van der Waals surface area contributed by atoms with Crippen molar-refractivity contribution in [3.63, 3.8) is 0 Å². The highest BCUT2D eigenvalue weighted by molar-refractivity contribution is 5.92. The normalized spacial score (nSPS) is 17.1. The van der Waals surface area contributed by atoms with Gasteiger partial charge in [-0.15, -0.1) is 0 Å². The van der Waals surface area contributed by atoms with E-state index >= 15 is 0 Å². The molecule has 0 saturated carbocycles. The smallest absolute Gasteiger partial charge is 0.238 e. The van der Waals surface area contributed by atoms with Crippen molar-refractivity contribution in [3.05, 3.63) is 29.8 Å². The average molecular weight is 275 g/mol. The Bertz CT molecular complexity index is 439. The number of aryl methyl sites for hydroxylation is 1. The number of carbonyl (C=O) groups excluding carboxylic acids is 1. The molecule has 0 radical (unpaired) electrons. The predicted molar refractivity (Wildman–Crippen MR) is 82.9 cm³/mol. The molecule has 1 aliphatic heterocycles. The van der Waals surface area contributed by atoms with Gasteiger partial charge in [0.1, 0.15) is 0 Å². The lowest BCUT2D eigenvalue weighted by molar-refractivity contribution is -0.117. The van der Waals surface area contributed by atoms with Crippen LogP contribution in [0.4, 0.5) is 5.69 Å². The molecule has 0 spiro atoms. The van der Waals surface area contributed by atoms with Crippen LogP contribution in [0.3, 0.4) is 0 Å². The topological polar surface area (TPSA) is 44.4 Å². The highest BCUT2D eigenvalue weighted by Gasteiger charge is 2.19. The van der Waals surface area contributed by atoms with Crippen LogP contribution >= 0.6 is 0 Å². The van der Waals surface area contributed by atoms with Gasteiger partial charge in [0.25, 0.3) is 0 Å². The maximum atomic E-state index is 12.0. The van der Waals surface area contributed by atoms with Crippen molar-refractivity contribution in [2.24, 2.45) is 0 Å². The van der Waals surface area contributed by atoms with Crippen LogP contribution in [0.5, 0.6) is 0 Å². The molecule has 0 unspecified atom stereocenters. The third-order valence-corrected chi connectivity index (χ3v) is 3.75. The van der Waals surface area contributed by atoms with Gasteiger partial charge in [0.15, 0.2) is 0 Å². The quantitative estimate of drug-likeness (QED) is 0.864. The Kier molecular flexibility index (Phi) is 5.56. The fourth-order valence-electron chi connectivity index (χ4n) is 2.71. The molecule has 1 aromatic carbocycles. The molecule has 1 amide bonds. The third-order valence-electron chi connectivity index (χ3n) is 3.75. The summed E-state index contributed by atoms with van der Waals surface area (Å²) in [6, 6.07) is 8.54. The Morgan fingerprint density at radius 2 is 2.10 bits per heavy atom. The van der Waals surface area contributed by atoms with Crippen molar-refractivity contribution in [2.45, 2.75) is 32.7 Å². The Hall–Kier alpha value is -1.39. The van der Waals surface area contributed by atoms with Gasteiger partial charge < -0.3 is 10.6 Å². The van der Waals surface area contributed by atoms with Crippen molar-refractivity contribution >= 4 is 11.6 Å². The SMILES string of the molecule is CCNC1CCN(CC(=O)Nc2cccc(C)c2)CC1. The average Bonchev–Trinajstić information content (AvgIpc) is 2.41. The number of piperidine rings is 1. The van der Waals surface area contributed by atoms with E-state index in [1.54, 1.807) is 0 Å². The minimum atomic E-state index is 0.0810. The van der Waals surface area contributed by atoms with Crippen molar-refractivity contribution in [1.29, 1.82) is 0 Å². The lowest BCUT2D eigenvalue weighted by Gasteiger charge is -2.31. The molecule has 0 atom stereocenters. The predicted octanol–water partition coefficient (Wildman–Crippen LogP) is 2.01. The van der Waals surface area contributed by atoms with Crippen LogP contribution < -0.4 is 10.6 Å². The molecule has 1 heterocycles. The number of anilines is 1. The van der Waals surface area contributed by atoms with E-state index in [2.05, 4.69) is 22.5 Å². The van der Waals surface area contributed by atoms with Gasteiger partial charge in [0.05, 0.1) is 6.54 Å². The van der Waals surface area contributed by atoms with Gasteiger partial charge in [0.2, 0.25) is 5.91 Å². The molecule has 1 fully saturated rings. The minimum Gasteiger partial charge on any atom is -0.325 e. The van der Waals surface area contributed by atoms with Crippen molar-refractivity contribution in [2.75, 3.05) is 31.5 Å². The summed E-state index contributed by atoms with van der Waals surface area (Å²) in [4.78, 5) is 14.3. The van der Waals surface area contributed by atoms with E-state index in [1.807, 2.05) is 31.2 Å². The van der Waals surface area contributed by atoms with Crippen molar-refractivity contribution < 1.29 is 4.79 Å².